The minimum absolute atomic E-state index is 0.877. The van der Waals surface area contributed by atoms with Crippen LogP contribution in [0, 0.1) is 0 Å². The highest BCUT2D eigenvalue weighted by atomic mass is 35.5. The molecule has 0 aliphatic heterocycles. The number of benzene rings is 1. The van der Waals surface area contributed by atoms with E-state index in [-0.39, 0.29) is 0 Å². The van der Waals surface area contributed by atoms with Crippen LogP contribution in [0.4, 0.5) is 0 Å². The number of allylic oxidation sites excluding steroid dienone is 2. The van der Waals surface area contributed by atoms with Gasteiger partial charge in [-0.05, 0) is 31.4 Å². The summed E-state index contributed by atoms with van der Waals surface area (Å²) in [5.41, 5.74) is 1.23. The fourth-order valence-corrected chi connectivity index (χ4v) is 1.34. The molecule has 1 aromatic carbocycles. The van der Waals surface area contributed by atoms with E-state index in [1.807, 2.05) is 25.1 Å². The number of hydrogen-bond acceptors (Lipinski definition) is 0. The molecule has 0 N–H and O–H groups in total. The second kappa shape index (κ2) is 5.00. The molecule has 0 radical (unpaired) electrons. The van der Waals surface area contributed by atoms with Crippen LogP contribution >= 0.6 is 11.6 Å². The van der Waals surface area contributed by atoms with E-state index in [1.54, 1.807) is 0 Å². The molecule has 0 atom stereocenters. The minimum atomic E-state index is 0.877. The van der Waals surface area contributed by atoms with E-state index in [1.165, 1.54) is 5.56 Å². The summed E-state index contributed by atoms with van der Waals surface area (Å²) in [4.78, 5) is 0. The first-order valence-corrected chi connectivity index (χ1v) is 4.57. The number of rotatable bonds is 3. The molecule has 0 bridgehead atoms. The molecule has 1 aromatic rings. The molecular weight excluding hydrogens is 168 g/mol. The highest BCUT2D eigenvalue weighted by Crippen LogP contribution is 2.16. The lowest BCUT2D eigenvalue weighted by molar-refractivity contribution is 1.000. The highest BCUT2D eigenvalue weighted by Gasteiger charge is 1.95. The Morgan fingerprint density at radius 3 is 2.75 bits per heavy atom. The van der Waals surface area contributed by atoms with Gasteiger partial charge in [0.05, 0.1) is 0 Å². The third-order valence-corrected chi connectivity index (χ3v) is 2.14. The van der Waals surface area contributed by atoms with Crippen LogP contribution < -0.4 is 0 Å². The van der Waals surface area contributed by atoms with E-state index in [2.05, 4.69) is 18.2 Å². The summed E-state index contributed by atoms with van der Waals surface area (Å²) in [5.74, 6) is 0. The largest absolute Gasteiger partial charge is 0.0917 e. The van der Waals surface area contributed by atoms with Crippen LogP contribution in [0.25, 0.3) is 0 Å². The van der Waals surface area contributed by atoms with Crippen LogP contribution in [0.2, 0.25) is 5.02 Å². The molecular formula is C11H13Cl. The molecule has 0 fully saturated rings. The molecule has 0 saturated heterocycles. The predicted molar refractivity (Wildman–Crippen MR) is 54.6 cm³/mol. The standard InChI is InChI=1S/C11H13Cl/c1-2-3-4-7-10-8-5-6-9-11(10)12/h2-3,5-6,8-9H,4,7H2,1H3. The average Bonchev–Trinajstić information content (AvgIpc) is 2.09. The Morgan fingerprint density at radius 2 is 2.08 bits per heavy atom. The number of hydrogen-bond donors (Lipinski definition) is 0. The quantitative estimate of drug-likeness (QED) is 0.620. The Hall–Kier alpha value is -0.750. The summed E-state index contributed by atoms with van der Waals surface area (Å²) in [5, 5.41) is 0.877. The SMILES string of the molecule is CC=CCCc1ccccc1Cl. The molecule has 12 heavy (non-hydrogen) atoms. The van der Waals surface area contributed by atoms with Crippen LogP contribution in [-0.2, 0) is 6.42 Å². The van der Waals surface area contributed by atoms with Crippen LogP contribution in [0.1, 0.15) is 18.9 Å². The Balaban J connectivity index is 2.57. The zero-order chi connectivity index (χ0) is 8.81. The molecule has 1 heteroatoms. The van der Waals surface area contributed by atoms with Gasteiger partial charge in [-0.2, -0.15) is 0 Å². The molecule has 0 heterocycles. The van der Waals surface area contributed by atoms with Gasteiger partial charge in [0.2, 0.25) is 0 Å². The van der Waals surface area contributed by atoms with Gasteiger partial charge in [0.15, 0.2) is 0 Å². The van der Waals surface area contributed by atoms with Crippen molar-refractivity contribution in [1.82, 2.24) is 0 Å². The van der Waals surface area contributed by atoms with Crippen molar-refractivity contribution in [2.75, 3.05) is 0 Å². The normalized spacial score (nSPS) is 10.8. The van der Waals surface area contributed by atoms with Gasteiger partial charge in [-0.15, -0.1) is 0 Å². The van der Waals surface area contributed by atoms with Gasteiger partial charge in [-0.3, -0.25) is 0 Å². The summed E-state index contributed by atoms with van der Waals surface area (Å²) >= 11 is 5.98. The van der Waals surface area contributed by atoms with Crippen molar-refractivity contribution in [3.8, 4) is 0 Å². The van der Waals surface area contributed by atoms with Crippen molar-refractivity contribution < 1.29 is 0 Å². The van der Waals surface area contributed by atoms with Gasteiger partial charge in [-0.1, -0.05) is 42.0 Å². The fourth-order valence-electron chi connectivity index (χ4n) is 1.11. The Bertz CT molecular complexity index is 263. The van der Waals surface area contributed by atoms with Gasteiger partial charge >= 0.3 is 0 Å². The smallest absolute Gasteiger partial charge is 0.0438 e. The van der Waals surface area contributed by atoms with Gasteiger partial charge in [-0.25, -0.2) is 0 Å². The van der Waals surface area contributed by atoms with Crippen molar-refractivity contribution in [2.45, 2.75) is 19.8 Å². The molecule has 0 aliphatic rings. The second-order valence-electron chi connectivity index (χ2n) is 2.70. The first kappa shape index (κ1) is 9.34. The first-order valence-electron chi connectivity index (χ1n) is 4.19. The maximum absolute atomic E-state index is 5.98. The van der Waals surface area contributed by atoms with Gasteiger partial charge in [0.1, 0.15) is 0 Å². The maximum Gasteiger partial charge on any atom is 0.0438 e. The molecule has 0 aromatic heterocycles. The third-order valence-electron chi connectivity index (χ3n) is 1.77. The molecule has 0 unspecified atom stereocenters. The second-order valence-corrected chi connectivity index (χ2v) is 3.11. The van der Waals surface area contributed by atoms with E-state index < -0.39 is 0 Å². The monoisotopic (exact) mass is 180 g/mol. The lowest BCUT2D eigenvalue weighted by Crippen LogP contribution is -1.83. The van der Waals surface area contributed by atoms with Gasteiger partial charge in [0, 0.05) is 5.02 Å². The molecule has 0 spiro atoms. The van der Waals surface area contributed by atoms with E-state index >= 15 is 0 Å². The highest BCUT2D eigenvalue weighted by molar-refractivity contribution is 6.31. The lowest BCUT2D eigenvalue weighted by atomic mass is 10.1. The average molecular weight is 181 g/mol. The molecule has 0 amide bonds. The van der Waals surface area contributed by atoms with Gasteiger partial charge < -0.3 is 0 Å². The molecule has 64 valence electrons. The van der Waals surface area contributed by atoms with Gasteiger partial charge in [0.25, 0.3) is 0 Å². The Kier molecular flexibility index (Phi) is 3.89. The van der Waals surface area contributed by atoms with Crippen molar-refractivity contribution in [2.24, 2.45) is 0 Å². The zero-order valence-electron chi connectivity index (χ0n) is 7.26. The summed E-state index contributed by atoms with van der Waals surface area (Å²) in [6.45, 7) is 2.03. The summed E-state index contributed by atoms with van der Waals surface area (Å²) < 4.78 is 0. The van der Waals surface area contributed by atoms with E-state index in [9.17, 15) is 0 Å². The van der Waals surface area contributed by atoms with Crippen LogP contribution in [0.15, 0.2) is 36.4 Å². The molecule has 0 nitrogen and oxygen atoms in total. The first-order chi connectivity index (χ1) is 5.84. The van der Waals surface area contributed by atoms with E-state index in [0.29, 0.717) is 0 Å². The van der Waals surface area contributed by atoms with Crippen molar-refractivity contribution in [3.63, 3.8) is 0 Å². The molecule has 0 aliphatic carbocycles. The Labute approximate surface area is 78.9 Å². The fraction of sp³-hybridized carbons (Fsp3) is 0.273. The van der Waals surface area contributed by atoms with E-state index in [0.717, 1.165) is 17.9 Å². The topological polar surface area (TPSA) is 0 Å². The molecule has 1 rings (SSSR count). The van der Waals surface area contributed by atoms with Crippen LogP contribution in [-0.4, -0.2) is 0 Å². The predicted octanol–water partition coefficient (Wildman–Crippen LogP) is 3.85. The van der Waals surface area contributed by atoms with Crippen LogP contribution in [0.3, 0.4) is 0 Å². The third kappa shape index (κ3) is 2.71. The summed E-state index contributed by atoms with van der Waals surface area (Å²) in [6, 6.07) is 8.00. The zero-order valence-corrected chi connectivity index (χ0v) is 8.01. The van der Waals surface area contributed by atoms with Crippen molar-refractivity contribution in [1.29, 1.82) is 0 Å². The molecule has 0 saturated carbocycles. The van der Waals surface area contributed by atoms with Crippen LogP contribution in [0.5, 0.6) is 0 Å². The maximum atomic E-state index is 5.98. The van der Waals surface area contributed by atoms with Crippen molar-refractivity contribution >= 4 is 11.6 Å². The minimum Gasteiger partial charge on any atom is -0.0917 e. The lowest BCUT2D eigenvalue weighted by Gasteiger charge is -2.00. The Morgan fingerprint density at radius 1 is 1.33 bits per heavy atom. The van der Waals surface area contributed by atoms with Crippen molar-refractivity contribution in [3.05, 3.63) is 47.0 Å². The summed E-state index contributed by atoms with van der Waals surface area (Å²) in [6.07, 6.45) is 6.32. The summed E-state index contributed by atoms with van der Waals surface area (Å²) in [7, 11) is 0. The number of halogens is 1. The van der Waals surface area contributed by atoms with E-state index in [4.69, 9.17) is 11.6 Å². The number of aryl methyl sites for hydroxylation is 1.